The molecule has 14 heavy (non-hydrogen) atoms. The summed E-state index contributed by atoms with van der Waals surface area (Å²) >= 11 is 0. The summed E-state index contributed by atoms with van der Waals surface area (Å²) in [6, 6.07) is 0. The Morgan fingerprint density at radius 3 is 0.929 bits per heavy atom. The third-order valence-corrected chi connectivity index (χ3v) is 0. The quantitative estimate of drug-likeness (QED) is 0.502. The molecule has 0 radical (unpaired) electrons. The van der Waals surface area contributed by atoms with Crippen LogP contribution in [0.4, 0.5) is 0 Å². The van der Waals surface area contributed by atoms with E-state index in [4.69, 9.17) is 25.2 Å². The second kappa shape index (κ2) is 49.1. The van der Waals surface area contributed by atoms with Crippen LogP contribution in [0.2, 0.25) is 0 Å². The SMILES string of the molecule is CC(=O)O.CCO.CCO.CCO.[Ce]. The number of aliphatic hydroxyl groups excluding tert-OH is 3. The van der Waals surface area contributed by atoms with Crippen molar-refractivity contribution in [1.29, 1.82) is 0 Å². The Bertz CT molecular complexity index is 62.0. The molecule has 0 saturated carbocycles. The van der Waals surface area contributed by atoms with E-state index in [9.17, 15) is 0 Å². The Kier molecular flexibility index (Phi) is 103. The van der Waals surface area contributed by atoms with E-state index >= 15 is 0 Å². The molecule has 0 aliphatic carbocycles. The van der Waals surface area contributed by atoms with Gasteiger partial charge in [0.2, 0.25) is 0 Å². The molecule has 0 bridgehead atoms. The zero-order valence-corrected chi connectivity index (χ0v) is 12.5. The van der Waals surface area contributed by atoms with Gasteiger partial charge in [0.05, 0.1) is 0 Å². The molecule has 0 aromatic heterocycles. The first kappa shape index (κ1) is 29.3. The van der Waals surface area contributed by atoms with Gasteiger partial charge in [0.25, 0.3) is 5.97 Å². The summed E-state index contributed by atoms with van der Waals surface area (Å²) in [6.07, 6.45) is 0. The minimum absolute atomic E-state index is 0. The van der Waals surface area contributed by atoms with Crippen LogP contribution in [0.15, 0.2) is 0 Å². The molecule has 0 heterocycles. The molecule has 0 aliphatic heterocycles. The molecule has 0 amide bonds. The number of aliphatic carboxylic acids is 1. The number of carbonyl (C=O) groups is 1. The second-order valence-electron chi connectivity index (χ2n) is 1.47. The maximum absolute atomic E-state index is 9.00. The maximum atomic E-state index is 9.00. The van der Waals surface area contributed by atoms with Crippen LogP contribution in [0.3, 0.4) is 0 Å². The van der Waals surface area contributed by atoms with Crippen molar-refractivity contribution in [2.24, 2.45) is 0 Å². The smallest absolute Gasteiger partial charge is 0.300 e. The largest absolute Gasteiger partial charge is 0.481 e. The van der Waals surface area contributed by atoms with E-state index in [-0.39, 0.29) is 61.6 Å². The van der Waals surface area contributed by atoms with Gasteiger partial charge >= 0.3 is 0 Å². The first-order valence-corrected chi connectivity index (χ1v) is 4.00. The Morgan fingerprint density at radius 1 is 0.929 bits per heavy atom. The fourth-order valence-corrected chi connectivity index (χ4v) is 0. The van der Waals surface area contributed by atoms with E-state index < -0.39 is 5.97 Å². The molecule has 0 atom stereocenters. The van der Waals surface area contributed by atoms with Crippen molar-refractivity contribution in [3.63, 3.8) is 0 Å². The number of carboxylic acids is 1. The standard InChI is InChI=1S/C2H4O2.3C2H6O.Ce/c1-2(3)4;3*1-2-3;/h1H3,(H,3,4);3*3H,2H2,1H3;. The molecule has 0 aromatic rings. The molecule has 88 valence electrons. The van der Waals surface area contributed by atoms with Gasteiger partial charge in [-0.05, 0) is 20.8 Å². The van der Waals surface area contributed by atoms with Gasteiger partial charge in [-0.2, -0.15) is 0 Å². The van der Waals surface area contributed by atoms with Crippen molar-refractivity contribution in [3.8, 4) is 0 Å². The number of rotatable bonds is 0. The van der Waals surface area contributed by atoms with Crippen LogP contribution in [0.5, 0.6) is 0 Å². The van der Waals surface area contributed by atoms with Crippen molar-refractivity contribution in [3.05, 3.63) is 0 Å². The predicted octanol–water partition coefficient (Wildman–Crippen LogP) is 0.0867. The predicted molar refractivity (Wildman–Crippen MR) is 51.6 cm³/mol. The molecular formula is C8H22CeO5. The van der Waals surface area contributed by atoms with Gasteiger partial charge in [-0.1, -0.05) is 0 Å². The zero-order chi connectivity index (χ0) is 11.7. The average Bonchev–Trinajstić information content (AvgIpc) is 1.88. The summed E-state index contributed by atoms with van der Waals surface area (Å²) in [6.45, 7) is 6.88. The van der Waals surface area contributed by atoms with Gasteiger partial charge in [0, 0.05) is 68.5 Å². The van der Waals surface area contributed by atoms with E-state index in [1.807, 2.05) is 0 Å². The summed E-state index contributed by atoms with van der Waals surface area (Å²) in [5.41, 5.74) is 0. The van der Waals surface area contributed by atoms with Crippen LogP contribution in [0.25, 0.3) is 0 Å². The molecule has 0 aliphatic rings. The molecule has 0 saturated heterocycles. The summed E-state index contributed by atoms with van der Waals surface area (Å²) in [5.74, 6) is -0.833. The van der Waals surface area contributed by atoms with Crippen LogP contribution in [-0.4, -0.2) is 46.2 Å². The number of carboxylic acid groups (broad SMARTS) is 1. The minimum Gasteiger partial charge on any atom is -0.481 e. The number of aliphatic hydroxyl groups is 3. The van der Waals surface area contributed by atoms with Gasteiger partial charge in [-0.15, -0.1) is 0 Å². The van der Waals surface area contributed by atoms with E-state index in [0.717, 1.165) is 6.92 Å². The molecule has 0 rings (SSSR count). The van der Waals surface area contributed by atoms with Gasteiger partial charge in [0.15, 0.2) is 0 Å². The molecule has 5 nitrogen and oxygen atoms in total. The first-order chi connectivity index (χ1) is 5.97. The molecular weight excluding hydrogens is 316 g/mol. The van der Waals surface area contributed by atoms with Crippen LogP contribution >= 0.6 is 0 Å². The van der Waals surface area contributed by atoms with Crippen molar-refractivity contribution < 1.29 is 67.0 Å². The van der Waals surface area contributed by atoms with Gasteiger partial charge in [-0.25, -0.2) is 0 Å². The van der Waals surface area contributed by atoms with Crippen LogP contribution in [-0.2, 0) is 4.79 Å². The number of hydrogen-bond acceptors (Lipinski definition) is 4. The maximum Gasteiger partial charge on any atom is 0.300 e. The van der Waals surface area contributed by atoms with E-state index in [1.165, 1.54) is 0 Å². The van der Waals surface area contributed by atoms with Gasteiger partial charge < -0.3 is 20.4 Å². The molecule has 4 N–H and O–H groups in total. The Labute approximate surface area is 120 Å². The molecule has 0 fully saturated rings. The minimum atomic E-state index is -0.833. The summed E-state index contributed by atoms with van der Waals surface area (Å²) < 4.78 is 0. The Hall–Kier alpha value is 0.727. The van der Waals surface area contributed by atoms with E-state index in [2.05, 4.69) is 0 Å². The monoisotopic (exact) mass is 338 g/mol. The van der Waals surface area contributed by atoms with Crippen LogP contribution < -0.4 is 0 Å². The molecule has 6 heteroatoms. The number of hydrogen-bond donors (Lipinski definition) is 4. The Morgan fingerprint density at radius 2 is 0.929 bits per heavy atom. The topological polar surface area (TPSA) is 98.0 Å². The summed E-state index contributed by atoms with van der Waals surface area (Å²) in [7, 11) is 0. The van der Waals surface area contributed by atoms with Crippen molar-refractivity contribution >= 4 is 5.97 Å². The van der Waals surface area contributed by atoms with Crippen molar-refractivity contribution in [2.75, 3.05) is 19.8 Å². The third-order valence-electron chi connectivity index (χ3n) is 0. The summed E-state index contributed by atoms with van der Waals surface area (Å²) in [5, 5.41) is 30.1. The van der Waals surface area contributed by atoms with E-state index in [1.54, 1.807) is 20.8 Å². The molecule has 0 spiro atoms. The molecule has 0 aromatic carbocycles. The Balaban J connectivity index is -0.0000000254. The van der Waals surface area contributed by atoms with Crippen LogP contribution in [0, 0.1) is 41.7 Å². The fourth-order valence-electron chi connectivity index (χ4n) is 0. The zero-order valence-electron chi connectivity index (χ0n) is 9.32. The third kappa shape index (κ3) is 3310. The van der Waals surface area contributed by atoms with Crippen molar-refractivity contribution in [2.45, 2.75) is 27.7 Å². The fraction of sp³-hybridized carbons (Fsp3) is 0.875. The van der Waals surface area contributed by atoms with Crippen molar-refractivity contribution in [1.82, 2.24) is 0 Å². The second-order valence-corrected chi connectivity index (χ2v) is 1.47. The molecule has 0 unspecified atom stereocenters. The summed E-state index contributed by atoms with van der Waals surface area (Å²) in [4.78, 5) is 9.00. The first-order valence-electron chi connectivity index (χ1n) is 4.00. The van der Waals surface area contributed by atoms with Gasteiger partial charge in [0.1, 0.15) is 0 Å². The van der Waals surface area contributed by atoms with Gasteiger partial charge in [-0.3, -0.25) is 4.79 Å². The normalized spacial score (nSPS) is 5.64. The van der Waals surface area contributed by atoms with E-state index in [0.29, 0.717) is 0 Å². The average molecular weight is 338 g/mol. The van der Waals surface area contributed by atoms with Crippen LogP contribution in [0.1, 0.15) is 27.7 Å².